The van der Waals surface area contributed by atoms with Gasteiger partial charge < -0.3 is 5.32 Å². The summed E-state index contributed by atoms with van der Waals surface area (Å²) < 4.78 is 0. The maximum Gasteiger partial charge on any atom is 0.0308 e. The van der Waals surface area contributed by atoms with Crippen molar-refractivity contribution < 1.29 is 0 Å². The Hall–Kier alpha value is -1.50. The van der Waals surface area contributed by atoms with Gasteiger partial charge in [-0.1, -0.05) is 43.5 Å². The first-order valence-electron chi connectivity index (χ1n) is 4.91. The highest BCUT2D eigenvalue weighted by Crippen LogP contribution is 2.04. The van der Waals surface area contributed by atoms with Crippen LogP contribution in [0, 0.1) is 0 Å². The summed E-state index contributed by atoms with van der Waals surface area (Å²) in [5.41, 5.74) is 1.91. The molecule has 0 bridgehead atoms. The van der Waals surface area contributed by atoms with Crippen molar-refractivity contribution in [3.8, 4) is 0 Å². The van der Waals surface area contributed by atoms with E-state index in [4.69, 9.17) is 0 Å². The summed E-state index contributed by atoms with van der Waals surface area (Å²) >= 11 is 0. The van der Waals surface area contributed by atoms with Gasteiger partial charge in [-0.25, -0.2) is 0 Å². The van der Waals surface area contributed by atoms with E-state index in [2.05, 4.69) is 36.7 Å². The minimum atomic E-state index is 0.893. The van der Waals surface area contributed by atoms with Crippen LogP contribution in [-0.4, -0.2) is 0 Å². The van der Waals surface area contributed by atoms with Gasteiger partial charge in [0.05, 0.1) is 0 Å². The third-order valence-corrected chi connectivity index (χ3v) is 1.93. The van der Waals surface area contributed by atoms with Gasteiger partial charge in [-0.3, -0.25) is 0 Å². The van der Waals surface area contributed by atoms with Crippen molar-refractivity contribution in [1.82, 2.24) is 5.32 Å². The molecule has 0 saturated carbocycles. The molecule has 1 rings (SSSR count). The highest BCUT2D eigenvalue weighted by atomic mass is 14.9. The van der Waals surface area contributed by atoms with Crippen molar-refractivity contribution in [2.45, 2.75) is 19.3 Å². The Labute approximate surface area is 86.2 Å². The monoisotopic (exact) mass is 187 g/mol. The fourth-order valence-corrected chi connectivity index (χ4v) is 1.21. The van der Waals surface area contributed by atoms with Crippen molar-refractivity contribution in [2.24, 2.45) is 0 Å². The van der Waals surface area contributed by atoms with E-state index in [9.17, 15) is 0 Å². The number of allylic oxidation sites excluding steroid dienone is 7. The van der Waals surface area contributed by atoms with Crippen LogP contribution in [0.3, 0.4) is 0 Å². The maximum atomic E-state index is 3.93. The Balaban J connectivity index is 2.60. The van der Waals surface area contributed by atoms with E-state index in [-0.39, 0.29) is 0 Å². The lowest BCUT2D eigenvalue weighted by molar-refractivity contribution is 0.868. The lowest BCUT2D eigenvalue weighted by Gasteiger charge is -2.07. The topological polar surface area (TPSA) is 12.0 Å². The Morgan fingerprint density at radius 2 is 1.93 bits per heavy atom. The van der Waals surface area contributed by atoms with E-state index < -0.39 is 0 Å². The van der Waals surface area contributed by atoms with E-state index in [1.54, 1.807) is 0 Å². The van der Waals surface area contributed by atoms with E-state index in [1.165, 1.54) is 0 Å². The van der Waals surface area contributed by atoms with Crippen molar-refractivity contribution in [3.63, 3.8) is 0 Å². The third kappa shape index (κ3) is 4.51. The molecule has 1 N–H and O–H groups in total. The van der Waals surface area contributed by atoms with Crippen LogP contribution in [0.25, 0.3) is 0 Å². The molecular formula is C13H17N. The molecule has 0 aliphatic carbocycles. The van der Waals surface area contributed by atoms with Gasteiger partial charge in [0.15, 0.2) is 0 Å². The first kappa shape index (κ1) is 10.6. The minimum Gasteiger partial charge on any atom is -0.360 e. The molecule has 0 fully saturated rings. The standard InChI is InChI=1S/C13H17N/c1-12-10-8-6-4-3-5-7-9-11-13(2)14-12/h4-8,10,14H,1-3,9,11H2/b6-4-,7-5-,10-8-. The second-order valence-corrected chi connectivity index (χ2v) is 3.29. The van der Waals surface area contributed by atoms with Crippen LogP contribution >= 0.6 is 0 Å². The molecule has 0 spiro atoms. The molecule has 0 unspecified atom stereocenters. The molecule has 0 atom stereocenters. The number of hydrogen-bond acceptors (Lipinski definition) is 1. The van der Waals surface area contributed by atoms with Gasteiger partial charge in [-0.2, -0.15) is 0 Å². The summed E-state index contributed by atoms with van der Waals surface area (Å²) in [6.45, 7) is 7.82. The predicted octanol–water partition coefficient (Wildman–Crippen LogP) is 3.46. The van der Waals surface area contributed by atoms with Gasteiger partial charge in [0.2, 0.25) is 0 Å². The second-order valence-electron chi connectivity index (χ2n) is 3.29. The second kappa shape index (κ2) is 6.03. The molecule has 14 heavy (non-hydrogen) atoms. The molecule has 0 aromatic heterocycles. The molecule has 0 saturated heterocycles. The summed E-state index contributed by atoms with van der Waals surface area (Å²) in [6.07, 6.45) is 15.4. The molecule has 0 aromatic rings. The molecule has 1 nitrogen and oxygen atoms in total. The zero-order valence-corrected chi connectivity index (χ0v) is 8.50. The largest absolute Gasteiger partial charge is 0.360 e. The molecule has 1 aliphatic heterocycles. The van der Waals surface area contributed by atoms with Gasteiger partial charge in [0.25, 0.3) is 0 Å². The minimum absolute atomic E-state index is 0.893. The molecule has 1 heteroatoms. The van der Waals surface area contributed by atoms with Gasteiger partial charge in [0.1, 0.15) is 0 Å². The van der Waals surface area contributed by atoms with E-state index in [0.29, 0.717) is 0 Å². The van der Waals surface area contributed by atoms with Gasteiger partial charge >= 0.3 is 0 Å². The van der Waals surface area contributed by atoms with Crippen LogP contribution < -0.4 is 5.32 Å². The van der Waals surface area contributed by atoms with Crippen LogP contribution in [0.2, 0.25) is 0 Å². The lowest BCUT2D eigenvalue weighted by Crippen LogP contribution is -2.08. The Kier molecular flexibility index (Phi) is 4.56. The Morgan fingerprint density at radius 1 is 1.07 bits per heavy atom. The van der Waals surface area contributed by atoms with Gasteiger partial charge in [-0.05, 0) is 25.3 Å². The predicted molar refractivity (Wildman–Crippen MR) is 62.7 cm³/mol. The summed E-state index contributed by atoms with van der Waals surface area (Å²) in [5.74, 6) is 0. The third-order valence-electron chi connectivity index (χ3n) is 1.93. The molecule has 0 aromatic carbocycles. The average Bonchev–Trinajstić information content (AvgIpc) is 2.13. The van der Waals surface area contributed by atoms with Crippen LogP contribution in [0.5, 0.6) is 0 Å². The van der Waals surface area contributed by atoms with Crippen LogP contribution in [0.1, 0.15) is 19.3 Å². The van der Waals surface area contributed by atoms with Crippen molar-refractivity contribution in [3.05, 3.63) is 61.0 Å². The summed E-state index contributed by atoms with van der Waals surface area (Å²) in [6, 6.07) is 0. The fraction of sp³-hybridized carbons (Fsp3) is 0.231. The molecule has 0 radical (unpaired) electrons. The molecule has 1 aliphatic rings. The molecular weight excluding hydrogens is 170 g/mol. The Morgan fingerprint density at radius 3 is 2.79 bits per heavy atom. The number of rotatable bonds is 0. The lowest BCUT2D eigenvalue weighted by atomic mass is 10.2. The SMILES string of the molecule is C=C1/C=C\C=C/C/C=C\CCC(=C)N1. The highest BCUT2D eigenvalue weighted by molar-refractivity contribution is 5.21. The molecule has 0 amide bonds. The van der Waals surface area contributed by atoms with E-state index in [1.807, 2.05) is 18.2 Å². The van der Waals surface area contributed by atoms with Crippen LogP contribution in [-0.2, 0) is 0 Å². The highest BCUT2D eigenvalue weighted by Gasteiger charge is 1.92. The molecule has 74 valence electrons. The van der Waals surface area contributed by atoms with Crippen molar-refractivity contribution >= 4 is 0 Å². The maximum absolute atomic E-state index is 3.93. The zero-order chi connectivity index (χ0) is 10.2. The first-order chi connectivity index (χ1) is 6.79. The van der Waals surface area contributed by atoms with E-state index in [0.717, 1.165) is 30.7 Å². The molecule has 1 heterocycles. The van der Waals surface area contributed by atoms with Gasteiger partial charge in [0, 0.05) is 11.4 Å². The summed E-state index contributed by atoms with van der Waals surface area (Å²) in [4.78, 5) is 0. The van der Waals surface area contributed by atoms with Gasteiger partial charge in [-0.15, -0.1) is 0 Å². The number of nitrogens with one attached hydrogen (secondary N) is 1. The van der Waals surface area contributed by atoms with Crippen molar-refractivity contribution in [1.29, 1.82) is 0 Å². The zero-order valence-electron chi connectivity index (χ0n) is 8.50. The number of hydrogen-bond donors (Lipinski definition) is 1. The quantitative estimate of drug-likeness (QED) is 0.573. The Bertz CT molecular complexity index is 292. The fourth-order valence-electron chi connectivity index (χ4n) is 1.21. The van der Waals surface area contributed by atoms with Crippen molar-refractivity contribution in [2.75, 3.05) is 0 Å². The van der Waals surface area contributed by atoms with E-state index >= 15 is 0 Å². The van der Waals surface area contributed by atoms with Crippen LogP contribution in [0.15, 0.2) is 61.0 Å². The normalized spacial score (nSPS) is 25.4. The first-order valence-corrected chi connectivity index (χ1v) is 4.91. The smallest absolute Gasteiger partial charge is 0.0308 e. The summed E-state index contributed by atoms with van der Waals surface area (Å²) in [5, 5.41) is 3.15. The summed E-state index contributed by atoms with van der Waals surface area (Å²) in [7, 11) is 0. The average molecular weight is 187 g/mol. The van der Waals surface area contributed by atoms with Crippen LogP contribution in [0.4, 0.5) is 0 Å².